The molecule has 212 valence electrons. The van der Waals surface area contributed by atoms with E-state index in [0.717, 1.165) is 50.1 Å². The Morgan fingerprint density at radius 3 is 1.58 bits per heavy atom. The molecule has 0 bridgehead atoms. The van der Waals surface area contributed by atoms with Gasteiger partial charge in [-0.1, -0.05) is 146 Å². The maximum Gasteiger partial charge on any atom is 0.143 e. The Bertz CT molecular complexity index is 2230. The van der Waals surface area contributed by atoms with Crippen LogP contribution in [0.1, 0.15) is 22.3 Å². The summed E-state index contributed by atoms with van der Waals surface area (Å²) in [4.78, 5) is 2.45. The number of rotatable bonds is 4. The zero-order valence-electron chi connectivity index (χ0n) is 24.6. The van der Waals surface area contributed by atoms with E-state index in [4.69, 9.17) is 4.42 Å². The van der Waals surface area contributed by atoms with E-state index >= 15 is 0 Å². The van der Waals surface area contributed by atoms with Crippen LogP contribution >= 0.6 is 0 Å². The molecular weight excluding hydrogens is 546 g/mol. The molecule has 1 aliphatic rings. The van der Waals surface area contributed by atoms with E-state index in [1.165, 1.54) is 22.3 Å². The number of fused-ring (bicyclic) bond motifs is 5. The number of hydrogen-bond acceptors (Lipinski definition) is 2. The van der Waals surface area contributed by atoms with Crippen LogP contribution in [0, 0.1) is 0 Å². The van der Waals surface area contributed by atoms with E-state index < -0.39 is 5.41 Å². The van der Waals surface area contributed by atoms with Crippen molar-refractivity contribution in [2.45, 2.75) is 5.41 Å². The largest absolute Gasteiger partial charge is 0.455 e. The van der Waals surface area contributed by atoms with E-state index in [9.17, 15) is 0 Å². The van der Waals surface area contributed by atoms with Crippen LogP contribution in [-0.2, 0) is 5.41 Å². The smallest absolute Gasteiger partial charge is 0.143 e. The third kappa shape index (κ3) is 3.76. The highest BCUT2D eigenvalue weighted by atomic mass is 16.3. The molecule has 0 aliphatic carbocycles. The van der Waals surface area contributed by atoms with Gasteiger partial charge in [-0.2, -0.15) is 0 Å². The van der Waals surface area contributed by atoms with E-state index in [-0.39, 0.29) is 0 Å². The lowest BCUT2D eigenvalue weighted by Gasteiger charge is -2.46. The molecule has 1 aliphatic heterocycles. The summed E-state index contributed by atoms with van der Waals surface area (Å²) in [5.41, 5.74) is 11.9. The number of furan rings is 1. The number of anilines is 3. The number of nitrogens with zero attached hydrogens (tertiary/aromatic N) is 1. The lowest BCUT2D eigenvalue weighted by molar-refractivity contribution is 0.670. The van der Waals surface area contributed by atoms with Crippen molar-refractivity contribution >= 4 is 39.0 Å². The Morgan fingerprint density at radius 1 is 0.444 bits per heavy atom. The molecule has 0 amide bonds. The first kappa shape index (κ1) is 25.6. The molecule has 0 radical (unpaired) electrons. The molecule has 0 unspecified atom stereocenters. The van der Waals surface area contributed by atoms with Crippen LogP contribution in [-0.4, -0.2) is 0 Å². The molecule has 2 heterocycles. The highest BCUT2D eigenvalue weighted by Crippen LogP contribution is 2.58. The van der Waals surface area contributed by atoms with Gasteiger partial charge < -0.3 is 9.32 Å². The molecule has 2 nitrogen and oxygen atoms in total. The Balaban J connectivity index is 1.40. The molecular formula is C43H29NO. The van der Waals surface area contributed by atoms with Gasteiger partial charge in [0.05, 0.1) is 16.8 Å². The molecule has 0 saturated carbocycles. The standard InChI is InChI=1S/C43H29NO/c1-4-16-30(17-5-1)35-28-33(29-36-34-22-10-15-27-41(34)45-42(35)36)44-39-25-13-11-23-37(39)43(31-18-6-2-7-19-31,32-20-8-3-9-21-32)38-24-12-14-26-40(38)44/h1-29H. The lowest BCUT2D eigenvalue weighted by atomic mass is 9.62. The van der Waals surface area contributed by atoms with E-state index in [1.54, 1.807) is 0 Å². The zero-order valence-corrected chi connectivity index (χ0v) is 24.6. The monoisotopic (exact) mass is 575 g/mol. The number of hydrogen-bond donors (Lipinski definition) is 0. The normalized spacial score (nSPS) is 13.5. The van der Waals surface area contributed by atoms with Crippen molar-refractivity contribution in [2.75, 3.05) is 4.90 Å². The fourth-order valence-corrected chi connectivity index (χ4v) is 7.46. The first-order valence-corrected chi connectivity index (χ1v) is 15.4. The molecule has 0 spiro atoms. The van der Waals surface area contributed by atoms with Crippen LogP contribution in [0.25, 0.3) is 33.1 Å². The summed E-state index contributed by atoms with van der Waals surface area (Å²) in [5.74, 6) is 0. The summed E-state index contributed by atoms with van der Waals surface area (Å²) in [6, 6.07) is 63.3. The maximum absolute atomic E-state index is 6.55. The van der Waals surface area contributed by atoms with Crippen molar-refractivity contribution in [2.24, 2.45) is 0 Å². The minimum atomic E-state index is -0.499. The Kier molecular flexibility index (Phi) is 5.76. The van der Waals surface area contributed by atoms with Gasteiger partial charge in [-0.05, 0) is 58.1 Å². The summed E-state index contributed by atoms with van der Waals surface area (Å²) in [7, 11) is 0. The van der Waals surface area contributed by atoms with Crippen molar-refractivity contribution in [1.29, 1.82) is 0 Å². The lowest BCUT2D eigenvalue weighted by Crippen LogP contribution is -2.37. The third-order valence-corrected chi connectivity index (χ3v) is 9.32. The number of para-hydroxylation sites is 3. The minimum Gasteiger partial charge on any atom is -0.455 e. The Labute approximate surface area is 262 Å². The van der Waals surface area contributed by atoms with Crippen LogP contribution < -0.4 is 4.90 Å². The van der Waals surface area contributed by atoms with Crippen LogP contribution in [0.2, 0.25) is 0 Å². The van der Waals surface area contributed by atoms with Crippen molar-refractivity contribution in [3.05, 3.63) is 198 Å². The van der Waals surface area contributed by atoms with Gasteiger partial charge in [0.25, 0.3) is 0 Å². The van der Waals surface area contributed by atoms with Crippen LogP contribution in [0.4, 0.5) is 17.1 Å². The summed E-state index contributed by atoms with van der Waals surface area (Å²) in [6.07, 6.45) is 0. The van der Waals surface area contributed by atoms with Gasteiger partial charge in [-0.15, -0.1) is 0 Å². The highest BCUT2D eigenvalue weighted by molar-refractivity contribution is 6.12. The van der Waals surface area contributed by atoms with Gasteiger partial charge >= 0.3 is 0 Å². The van der Waals surface area contributed by atoms with E-state index in [0.29, 0.717) is 0 Å². The fourth-order valence-electron chi connectivity index (χ4n) is 7.46. The quantitative estimate of drug-likeness (QED) is 0.208. The van der Waals surface area contributed by atoms with E-state index in [2.05, 4.69) is 175 Å². The topological polar surface area (TPSA) is 16.4 Å². The van der Waals surface area contributed by atoms with Crippen LogP contribution in [0.3, 0.4) is 0 Å². The van der Waals surface area contributed by atoms with Gasteiger partial charge in [0.2, 0.25) is 0 Å². The van der Waals surface area contributed by atoms with Crippen molar-refractivity contribution in [3.8, 4) is 11.1 Å². The highest BCUT2D eigenvalue weighted by Gasteiger charge is 2.46. The van der Waals surface area contributed by atoms with Crippen molar-refractivity contribution in [1.82, 2.24) is 0 Å². The molecule has 45 heavy (non-hydrogen) atoms. The summed E-state index contributed by atoms with van der Waals surface area (Å²) < 4.78 is 6.55. The van der Waals surface area contributed by atoms with Crippen LogP contribution in [0.5, 0.6) is 0 Å². The molecule has 0 N–H and O–H groups in total. The predicted octanol–water partition coefficient (Wildman–Crippen LogP) is 11.4. The average molecular weight is 576 g/mol. The molecule has 8 aromatic rings. The first-order chi connectivity index (χ1) is 22.3. The molecule has 1 aromatic heterocycles. The van der Waals surface area contributed by atoms with Crippen molar-refractivity contribution in [3.63, 3.8) is 0 Å². The fraction of sp³-hybridized carbons (Fsp3) is 0.0233. The SMILES string of the molecule is c1ccc(-c2cc(N3c4ccccc4C(c4ccccc4)(c4ccccc4)c4ccccc43)cc3c2oc2ccccc23)cc1. The van der Waals surface area contributed by atoms with Crippen molar-refractivity contribution < 1.29 is 4.42 Å². The Hall–Kier alpha value is -5.86. The summed E-state index contributed by atoms with van der Waals surface area (Å²) >= 11 is 0. The minimum absolute atomic E-state index is 0.499. The van der Waals surface area contributed by atoms with Gasteiger partial charge in [0, 0.05) is 22.0 Å². The number of benzene rings is 7. The zero-order chi connectivity index (χ0) is 29.8. The molecule has 0 atom stereocenters. The second kappa shape index (κ2) is 10.1. The first-order valence-electron chi connectivity index (χ1n) is 15.4. The van der Waals surface area contributed by atoms with Crippen LogP contribution in [0.15, 0.2) is 180 Å². The average Bonchev–Trinajstić information content (AvgIpc) is 3.50. The third-order valence-electron chi connectivity index (χ3n) is 9.32. The maximum atomic E-state index is 6.55. The molecule has 9 rings (SSSR count). The van der Waals surface area contributed by atoms with Gasteiger partial charge in [0.15, 0.2) is 0 Å². The molecule has 7 aromatic carbocycles. The second-order valence-corrected chi connectivity index (χ2v) is 11.7. The molecule has 2 heteroatoms. The molecule has 0 fully saturated rings. The van der Waals surface area contributed by atoms with Gasteiger partial charge in [-0.25, -0.2) is 0 Å². The Morgan fingerprint density at radius 2 is 0.956 bits per heavy atom. The summed E-state index contributed by atoms with van der Waals surface area (Å²) in [5, 5.41) is 2.23. The second-order valence-electron chi connectivity index (χ2n) is 11.7. The van der Waals surface area contributed by atoms with Gasteiger partial charge in [0.1, 0.15) is 11.2 Å². The molecule has 0 saturated heterocycles. The van der Waals surface area contributed by atoms with E-state index in [1.807, 2.05) is 6.07 Å². The van der Waals surface area contributed by atoms with Gasteiger partial charge in [-0.3, -0.25) is 0 Å². The predicted molar refractivity (Wildman–Crippen MR) is 186 cm³/mol. The summed E-state index contributed by atoms with van der Waals surface area (Å²) in [6.45, 7) is 0.